The maximum atomic E-state index is 10.2. The van der Waals surface area contributed by atoms with E-state index in [1.54, 1.807) is 0 Å². The molecule has 15 heavy (non-hydrogen) atoms. The lowest BCUT2D eigenvalue weighted by atomic mass is 10.2. The van der Waals surface area contributed by atoms with Gasteiger partial charge in [-0.15, -0.1) is 0 Å². The first-order valence-electron chi connectivity index (χ1n) is 6.80. The van der Waals surface area contributed by atoms with Crippen LogP contribution in [-0.4, -0.2) is 19.0 Å². The fourth-order valence-corrected chi connectivity index (χ4v) is 0.939. The van der Waals surface area contributed by atoms with Crippen molar-refractivity contribution in [1.82, 2.24) is 0 Å². The van der Waals surface area contributed by atoms with E-state index in [9.17, 15) is 10.1 Å². The van der Waals surface area contributed by atoms with Crippen LogP contribution >= 0.6 is 0 Å². The predicted octanol–water partition coefficient (Wildman–Crippen LogP) is 1.95. The van der Waals surface area contributed by atoms with Crippen LogP contribution in [0, 0.1) is 10.1 Å². The van der Waals surface area contributed by atoms with Crippen molar-refractivity contribution in [2.45, 2.75) is 0 Å². The van der Waals surface area contributed by atoms with Crippen molar-refractivity contribution in [3.8, 4) is 11.5 Å². The molecule has 0 radical (unpaired) electrons. The van der Waals surface area contributed by atoms with Crippen LogP contribution in [0.25, 0.3) is 6.08 Å². The summed E-state index contributed by atoms with van der Waals surface area (Å²) in [5.74, 6) is -0.652. The number of hydrogen-bond acceptors (Lipinski definition) is 4. The van der Waals surface area contributed by atoms with E-state index in [1.807, 2.05) is 0 Å². The number of methoxy groups -OCH3 is 2. The quantitative estimate of drug-likeness (QED) is 0.569. The van der Waals surface area contributed by atoms with Crippen molar-refractivity contribution >= 4 is 6.08 Å². The zero-order valence-corrected chi connectivity index (χ0v) is 7.47. The topological polar surface area (TPSA) is 61.6 Å². The van der Waals surface area contributed by atoms with Gasteiger partial charge in [0.05, 0.1) is 27.2 Å². The molecule has 5 heteroatoms. The monoisotopic (exact) mass is 215 g/mol. The van der Waals surface area contributed by atoms with Crippen LogP contribution in [0.4, 0.5) is 0 Å². The van der Waals surface area contributed by atoms with Crippen molar-refractivity contribution in [2.75, 3.05) is 14.1 Å². The van der Waals surface area contributed by atoms with Gasteiger partial charge >= 0.3 is 0 Å². The summed E-state index contributed by atoms with van der Waals surface area (Å²) >= 11 is 0. The third kappa shape index (κ3) is 2.98. The minimum absolute atomic E-state index is 0.254. The Morgan fingerprint density at radius 2 is 2.13 bits per heavy atom. The van der Waals surface area contributed by atoms with E-state index < -0.39 is 19.0 Å². The average Bonchev–Trinajstić information content (AvgIpc) is 2.25. The standard InChI is InChI=1S/C10H11NO4/c1-14-9-4-3-8(5-6-11(12)13)7-10(9)15-2/h3-7H,1-2H3/i1D3,2D3. The van der Waals surface area contributed by atoms with Crippen LogP contribution in [0.1, 0.15) is 13.8 Å². The van der Waals surface area contributed by atoms with Gasteiger partial charge in [0.1, 0.15) is 0 Å². The minimum Gasteiger partial charge on any atom is -0.493 e. The van der Waals surface area contributed by atoms with E-state index in [1.165, 1.54) is 6.07 Å². The molecule has 1 aromatic rings. The number of ether oxygens (including phenoxy) is 2. The van der Waals surface area contributed by atoms with E-state index in [4.69, 9.17) is 8.22 Å². The zero-order valence-electron chi connectivity index (χ0n) is 13.5. The summed E-state index contributed by atoms with van der Waals surface area (Å²) < 4.78 is 51.4. The van der Waals surface area contributed by atoms with Gasteiger partial charge in [0, 0.05) is 6.08 Å². The minimum atomic E-state index is -2.82. The molecule has 0 aliphatic heterocycles. The summed E-state index contributed by atoms with van der Waals surface area (Å²) in [7, 11) is -5.61. The molecule has 0 N–H and O–H groups in total. The van der Waals surface area contributed by atoms with Crippen molar-refractivity contribution in [2.24, 2.45) is 0 Å². The average molecular weight is 215 g/mol. The highest BCUT2D eigenvalue weighted by molar-refractivity contribution is 5.55. The van der Waals surface area contributed by atoms with Gasteiger partial charge in [-0.1, -0.05) is 6.07 Å². The number of hydrogen-bond donors (Lipinski definition) is 0. The van der Waals surface area contributed by atoms with Crippen molar-refractivity contribution < 1.29 is 22.6 Å². The maximum absolute atomic E-state index is 10.2. The zero-order chi connectivity index (χ0) is 16.3. The second kappa shape index (κ2) is 4.99. The number of nitrogens with zero attached hydrogens (tertiary/aromatic N) is 1. The second-order valence-corrected chi connectivity index (χ2v) is 2.51. The molecule has 0 spiro atoms. The summed E-state index contributed by atoms with van der Waals surface area (Å²) in [6.07, 6.45) is 1.75. The molecule has 0 unspecified atom stereocenters. The molecule has 0 aliphatic rings. The van der Waals surface area contributed by atoms with Gasteiger partial charge < -0.3 is 9.47 Å². The van der Waals surface area contributed by atoms with E-state index in [2.05, 4.69) is 9.47 Å². The van der Waals surface area contributed by atoms with E-state index >= 15 is 0 Å². The molecule has 0 aromatic heterocycles. The number of nitro groups is 1. The Bertz CT molecular complexity index is 551. The van der Waals surface area contributed by atoms with Crippen LogP contribution in [0.3, 0.4) is 0 Å². The molecule has 0 heterocycles. The van der Waals surface area contributed by atoms with Crippen LogP contribution in [0.5, 0.6) is 11.5 Å². The third-order valence-electron chi connectivity index (χ3n) is 1.58. The Morgan fingerprint density at radius 1 is 1.40 bits per heavy atom. The number of rotatable bonds is 4. The first-order chi connectivity index (χ1) is 9.46. The fraction of sp³-hybridized carbons (Fsp3) is 0.200. The molecule has 0 fully saturated rings. The first kappa shape index (κ1) is 5.16. The predicted molar refractivity (Wildman–Crippen MR) is 55.6 cm³/mol. The van der Waals surface area contributed by atoms with E-state index in [-0.39, 0.29) is 17.1 Å². The summed E-state index contributed by atoms with van der Waals surface area (Å²) in [6.45, 7) is 0. The summed E-state index contributed by atoms with van der Waals surface area (Å²) in [4.78, 5) is 9.54. The summed E-state index contributed by atoms with van der Waals surface area (Å²) in [5.41, 5.74) is 0.254. The highest BCUT2D eigenvalue weighted by Gasteiger charge is 2.02. The molecule has 1 rings (SSSR count). The molecule has 0 atom stereocenters. The second-order valence-electron chi connectivity index (χ2n) is 2.51. The van der Waals surface area contributed by atoms with Crippen molar-refractivity contribution in [3.05, 3.63) is 40.1 Å². The SMILES string of the molecule is [2H]C([2H])([2H])Oc1ccc(C=C[N+](=O)[O-])cc1OC([2H])([2H])[2H]. The van der Waals surface area contributed by atoms with E-state index in [0.29, 0.717) is 6.20 Å². The van der Waals surface area contributed by atoms with Crippen molar-refractivity contribution in [1.29, 1.82) is 0 Å². The smallest absolute Gasteiger partial charge is 0.235 e. The van der Waals surface area contributed by atoms with Gasteiger partial charge in [0.2, 0.25) is 6.20 Å². The van der Waals surface area contributed by atoms with Gasteiger partial charge in [-0.05, 0) is 17.7 Å². The Kier molecular flexibility index (Phi) is 1.72. The van der Waals surface area contributed by atoms with Gasteiger partial charge in [-0.25, -0.2) is 0 Å². The molecular formula is C10H11NO4. The highest BCUT2D eigenvalue weighted by atomic mass is 16.6. The largest absolute Gasteiger partial charge is 0.493 e. The molecule has 0 saturated heterocycles. The molecule has 0 aliphatic carbocycles. The van der Waals surface area contributed by atoms with E-state index in [0.717, 1.165) is 18.2 Å². The normalized spacial score (nSPS) is 17.9. The molecule has 0 saturated carbocycles. The molecule has 0 bridgehead atoms. The molecule has 80 valence electrons. The van der Waals surface area contributed by atoms with Crippen LogP contribution in [0.15, 0.2) is 24.4 Å². The van der Waals surface area contributed by atoms with Crippen LogP contribution in [-0.2, 0) is 0 Å². The molecular weight excluding hydrogens is 198 g/mol. The first-order valence-corrected chi connectivity index (χ1v) is 3.80. The van der Waals surface area contributed by atoms with Crippen LogP contribution in [0.2, 0.25) is 0 Å². The van der Waals surface area contributed by atoms with Gasteiger partial charge in [-0.3, -0.25) is 10.1 Å². The van der Waals surface area contributed by atoms with Gasteiger partial charge in [0.15, 0.2) is 11.5 Å². The number of benzene rings is 1. The summed E-state index contributed by atoms with van der Waals surface area (Å²) in [6, 6.07) is 3.62. The fourth-order valence-electron chi connectivity index (χ4n) is 0.939. The van der Waals surface area contributed by atoms with Crippen LogP contribution < -0.4 is 9.47 Å². The Balaban J connectivity index is 3.16. The third-order valence-corrected chi connectivity index (χ3v) is 1.58. The maximum Gasteiger partial charge on any atom is 0.235 e. The van der Waals surface area contributed by atoms with Gasteiger partial charge in [0.25, 0.3) is 0 Å². The Labute approximate surface area is 95.5 Å². The van der Waals surface area contributed by atoms with Crippen molar-refractivity contribution in [3.63, 3.8) is 0 Å². The Hall–Kier alpha value is -2.04. The highest BCUT2D eigenvalue weighted by Crippen LogP contribution is 2.27. The molecule has 1 aromatic carbocycles. The Morgan fingerprint density at radius 3 is 2.80 bits per heavy atom. The van der Waals surface area contributed by atoms with Gasteiger partial charge in [-0.2, -0.15) is 0 Å². The lowest BCUT2D eigenvalue weighted by Crippen LogP contribution is -1.90. The molecule has 5 nitrogen and oxygen atoms in total. The lowest BCUT2D eigenvalue weighted by Gasteiger charge is -2.07. The lowest BCUT2D eigenvalue weighted by molar-refractivity contribution is -0.400. The molecule has 0 amide bonds. The summed E-state index contributed by atoms with van der Waals surface area (Å²) in [5, 5.41) is 10.2.